The second kappa shape index (κ2) is 5.12. The van der Waals surface area contributed by atoms with Gasteiger partial charge in [-0.25, -0.2) is 13.2 Å². The van der Waals surface area contributed by atoms with E-state index in [4.69, 9.17) is 16.7 Å². The van der Waals surface area contributed by atoms with Gasteiger partial charge in [-0.1, -0.05) is 11.6 Å². The highest BCUT2D eigenvalue weighted by molar-refractivity contribution is 7.95. The molecule has 19 heavy (non-hydrogen) atoms. The summed E-state index contributed by atoms with van der Waals surface area (Å²) in [4.78, 5) is 10.8. The van der Waals surface area contributed by atoms with Crippen LogP contribution >= 0.6 is 34.3 Å². The summed E-state index contributed by atoms with van der Waals surface area (Å²) in [5.74, 6) is -1.09. The standard InChI is InChI=1S/C10H8ClNO4S3/c1-5-4-8(18-9(5)11)19(15,16)12-7-3-2-6(17-7)10(13)14/h2-4,12H,1H3,(H,13,14). The van der Waals surface area contributed by atoms with E-state index in [1.54, 1.807) is 6.92 Å². The Balaban J connectivity index is 2.28. The normalized spacial score (nSPS) is 11.5. The number of rotatable bonds is 4. The van der Waals surface area contributed by atoms with Crippen LogP contribution in [0.25, 0.3) is 0 Å². The van der Waals surface area contributed by atoms with Gasteiger partial charge in [-0.15, -0.1) is 22.7 Å². The highest BCUT2D eigenvalue weighted by atomic mass is 35.5. The molecule has 5 nitrogen and oxygen atoms in total. The molecule has 0 atom stereocenters. The number of hydrogen-bond acceptors (Lipinski definition) is 5. The van der Waals surface area contributed by atoms with Gasteiger partial charge in [0, 0.05) is 0 Å². The van der Waals surface area contributed by atoms with E-state index in [1.807, 2.05) is 0 Å². The fourth-order valence-electron chi connectivity index (χ4n) is 1.25. The molecule has 0 saturated carbocycles. The number of carboxylic acids is 1. The van der Waals surface area contributed by atoms with Crippen molar-refractivity contribution in [1.29, 1.82) is 0 Å². The van der Waals surface area contributed by atoms with Gasteiger partial charge in [-0.3, -0.25) is 4.72 Å². The zero-order chi connectivity index (χ0) is 14.2. The van der Waals surface area contributed by atoms with Crippen molar-refractivity contribution in [3.63, 3.8) is 0 Å². The molecule has 0 aliphatic carbocycles. The molecule has 2 aromatic rings. The predicted octanol–water partition coefficient (Wildman–Crippen LogP) is 3.27. The molecule has 2 aromatic heterocycles. The minimum atomic E-state index is -3.73. The summed E-state index contributed by atoms with van der Waals surface area (Å²) in [5.41, 5.74) is 0.685. The fourth-order valence-corrected chi connectivity index (χ4v) is 5.00. The summed E-state index contributed by atoms with van der Waals surface area (Å²) in [6, 6.07) is 4.23. The molecule has 9 heteroatoms. The molecular formula is C10H8ClNO4S3. The molecule has 0 aromatic carbocycles. The second-order valence-electron chi connectivity index (χ2n) is 3.60. The van der Waals surface area contributed by atoms with Crippen molar-refractivity contribution in [3.8, 4) is 0 Å². The van der Waals surface area contributed by atoms with Crippen LogP contribution in [-0.2, 0) is 10.0 Å². The Hall–Kier alpha value is -1.09. The number of halogens is 1. The van der Waals surface area contributed by atoms with Crippen molar-refractivity contribution < 1.29 is 18.3 Å². The van der Waals surface area contributed by atoms with Gasteiger partial charge >= 0.3 is 5.97 Å². The summed E-state index contributed by atoms with van der Waals surface area (Å²) in [6.07, 6.45) is 0. The summed E-state index contributed by atoms with van der Waals surface area (Å²) in [7, 11) is -3.73. The van der Waals surface area contributed by atoms with Gasteiger partial charge in [0.05, 0.1) is 4.34 Å². The van der Waals surface area contributed by atoms with E-state index in [2.05, 4.69) is 4.72 Å². The van der Waals surface area contributed by atoms with Gasteiger partial charge in [-0.2, -0.15) is 0 Å². The number of thiophene rings is 2. The average Bonchev–Trinajstić information content (AvgIpc) is 2.87. The van der Waals surface area contributed by atoms with Crippen LogP contribution in [0, 0.1) is 6.92 Å². The van der Waals surface area contributed by atoms with Crippen LogP contribution in [0.15, 0.2) is 22.4 Å². The van der Waals surface area contributed by atoms with Crippen molar-refractivity contribution in [2.75, 3.05) is 4.72 Å². The van der Waals surface area contributed by atoms with Crippen molar-refractivity contribution in [2.24, 2.45) is 0 Å². The lowest BCUT2D eigenvalue weighted by Gasteiger charge is -2.02. The third kappa shape index (κ3) is 3.08. The Kier molecular flexibility index (Phi) is 3.86. The Bertz CT molecular complexity index is 712. The van der Waals surface area contributed by atoms with Crippen molar-refractivity contribution in [2.45, 2.75) is 11.1 Å². The lowest BCUT2D eigenvalue weighted by molar-refractivity contribution is 0.0702. The van der Waals surface area contributed by atoms with Gasteiger partial charge in [0.15, 0.2) is 0 Å². The number of aryl methyl sites for hydroxylation is 1. The summed E-state index contributed by atoms with van der Waals surface area (Å²) in [6.45, 7) is 1.71. The van der Waals surface area contributed by atoms with Crippen LogP contribution < -0.4 is 4.72 Å². The van der Waals surface area contributed by atoms with Crippen LogP contribution in [-0.4, -0.2) is 19.5 Å². The number of hydrogen-bond donors (Lipinski definition) is 2. The van der Waals surface area contributed by atoms with E-state index in [9.17, 15) is 13.2 Å². The molecule has 2 heterocycles. The zero-order valence-corrected chi connectivity index (χ0v) is 12.7. The maximum absolute atomic E-state index is 12.0. The number of carboxylic acid groups (broad SMARTS) is 1. The van der Waals surface area contributed by atoms with E-state index in [1.165, 1.54) is 18.2 Å². The van der Waals surface area contributed by atoms with Crippen molar-refractivity contribution in [1.82, 2.24) is 0 Å². The minimum absolute atomic E-state index is 0.0677. The maximum Gasteiger partial charge on any atom is 0.345 e. The van der Waals surface area contributed by atoms with Gasteiger partial charge in [0.1, 0.15) is 14.1 Å². The van der Waals surface area contributed by atoms with Crippen LogP contribution in [0.2, 0.25) is 4.34 Å². The summed E-state index contributed by atoms with van der Waals surface area (Å²) < 4.78 is 26.9. The first-order valence-electron chi connectivity index (χ1n) is 4.91. The third-order valence-corrected chi connectivity index (χ3v) is 6.66. The molecule has 0 amide bonds. The highest BCUT2D eigenvalue weighted by Crippen LogP contribution is 2.32. The predicted molar refractivity (Wildman–Crippen MR) is 76.2 cm³/mol. The van der Waals surface area contributed by atoms with Crippen LogP contribution in [0.5, 0.6) is 0 Å². The van der Waals surface area contributed by atoms with Crippen molar-refractivity contribution >= 4 is 55.3 Å². The molecule has 0 spiro atoms. The Labute approximate surface area is 122 Å². The number of nitrogens with one attached hydrogen (secondary N) is 1. The van der Waals surface area contributed by atoms with Crippen molar-refractivity contribution in [3.05, 3.63) is 33.0 Å². The summed E-state index contributed by atoms with van der Waals surface area (Å²) >= 11 is 7.65. The Morgan fingerprint density at radius 2 is 2.05 bits per heavy atom. The average molecular weight is 338 g/mol. The third-order valence-electron chi connectivity index (χ3n) is 2.15. The maximum atomic E-state index is 12.0. The number of anilines is 1. The molecule has 2 rings (SSSR count). The zero-order valence-electron chi connectivity index (χ0n) is 9.51. The minimum Gasteiger partial charge on any atom is -0.477 e. The van der Waals surface area contributed by atoms with E-state index >= 15 is 0 Å². The molecule has 0 bridgehead atoms. The van der Waals surface area contributed by atoms with Crippen LogP contribution in [0.1, 0.15) is 15.2 Å². The lowest BCUT2D eigenvalue weighted by atomic mass is 10.4. The molecule has 2 N–H and O–H groups in total. The van der Waals surface area contributed by atoms with Gasteiger partial charge in [0.2, 0.25) is 0 Å². The number of aromatic carboxylic acids is 1. The number of carbonyl (C=O) groups is 1. The fraction of sp³-hybridized carbons (Fsp3) is 0.100. The molecule has 0 aliphatic heterocycles. The van der Waals surface area contributed by atoms with Gasteiger partial charge < -0.3 is 5.11 Å². The van der Waals surface area contributed by atoms with Crippen LogP contribution in [0.3, 0.4) is 0 Å². The van der Waals surface area contributed by atoms with Crippen LogP contribution in [0.4, 0.5) is 5.00 Å². The highest BCUT2D eigenvalue weighted by Gasteiger charge is 2.20. The molecule has 0 radical (unpaired) electrons. The first-order chi connectivity index (χ1) is 8.79. The van der Waals surface area contributed by atoms with E-state index in [0.29, 0.717) is 9.90 Å². The molecule has 102 valence electrons. The number of sulfonamides is 1. The lowest BCUT2D eigenvalue weighted by Crippen LogP contribution is -2.10. The SMILES string of the molecule is Cc1cc(S(=O)(=O)Nc2ccc(C(=O)O)s2)sc1Cl. The van der Waals surface area contributed by atoms with Gasteiger partial charge in [0.25, 0.3) is 10.0 Å². The first-order valence-corrected chi connectivity index (χ1v) is 8.41. The molecule has 0 fully saturated rings. The van der Waals surface area contributed by atoms with E-state index < -0.39 is 16.0 Å². The Morgan fingerprint density at radius 1 is 1.37 bits per heavy atom. The topological polar surface area (TPSA) is 83.5 Å². The first kappa shape index (κ1) is 14.3. The Morgan fingerprint density at radius 3 is 2.53 bits per heavy atom. The van der Waals surface area contributed by atoms with E-state index in [-0.39, 0.29) is 14.1 Å². The summed E-state index contributed by atoms with van der Waals surface area (Å²) in [5, 5.41) is 9.02. The second-order valence-corrected chi connectivity index (χ2v) is 8.24. The quantitative estimate of drug-likeness (QED) is 0.896. The smallest absolute Gasteiger partial charge is 0.345 e. The monoisotopic (exact) mass is 337 g/mol. The van der Waals surface area contributed by atoms with Gasteiger partial charge in [-0.05, 0) is 30.7 Å². The molecule has 0 aliphatic rings. The molecule has 0 unspecified atom stereocenters. The molecule has 0 saturated heterocycles. The largest absolute Gasteiger partial charge is 0.477 e. The molecular weight excluding hydrogens is 330 g/mol. The van der Waals surface area contributed by atoms with E-state index in [0.717, 1.165) is 22.7 Å².